The summed E-state index contributed by atoms with van der Waals surface area (Å²) in [7, 11) is 0. The molecule has 0 radical (unpaired) electrons. The van der Waals surface area contributed by atoms with Crippen LogP contribution in [0.1, 0.15) is 36.0 Å². The van der Waals surface area contributed by atoms with E-state index in [0.29, 0.717) is 19.1 Å². The second kappa shape index (κ2) is 6.67. The fourth-order valence-corrected chi connectivity index (χ4v) is 4.54. The summed E-state index contributed by atoms with van der Waals surface area (Å²) in [4.78, 5) is 14.2. The summed E-state index contributed by atoms with van der Waals surface area (Å²) in [5, 5.41) is 3.71. The zero-order valence-electron chi connectivity index (χ0n) is 14.0. The van der Waals surface area contributed by atoms with Crippen molar-refractivity contribution >= 4 is 5.91 Å². The molecule has 4 rings (SSSR count). The third-order valence-corrected chi connectivity index (χ3v) is 5.97. The van der Waals surface area contributed by atoms with E-state index in [1.807, 2.05) is 0 Å². The Morgan fingerprint density at radius 1 is 1.17 bits per heavy atom. The van der Waals surface area contributed by atoms with Crippen molar-refractivity contribution in [2.24, 2.45) is 17.8 Å². The molecule has 1 heterocycles. The molecule has 1 aromatic carbocycles. The summed E-state index contributed by atoms with van der Waals surface area (Å²) in [6.07, 6.45) is 9.37. The Hall–Kier alpha value is -1.68. The van der Waals surface area contributed by atoms with Gasteiger partial charge in [-0.3, -0.25) is 4.79 Å². The number of piperidine rings is 1. The van der Waals surface area contributed by atoms with E-state index in [0.717, 1.165) is 37.1 Å². The van der Waals surface area contributed by atoms with Gasteiger partial charge in [0.25, 0.3) is 5.91 Å². The normalized spacial score (nSPS) is 29.4. The van der Waals surface area contributed by atoms with Crippen molar-refractivity contribution in [1.29, 1.82) is 0 Å². The highest BCUT2D eigenvalue weighted by Crippen LogP contribution is 2.43. The van der Waals surface area contributed by atoms with Gasteiger partial charge >= 0.3 is 0 Å². The van der Waals surface area contributed by atoms with E-state index in [-0.39, 0.29) is 11.5 Å². The summed E-state index contributed by atoms with van der Waals surface area (Å²) < 4.78 is 13.8. The van der Waals surface area contributed by atoms with Gasteiger partial charge in [-0.2, -0.15) is 0 Å². The monoisotopic (exact) mass is 328 g/mol. The summed E-state index contributed by atoms with van der Waals surface area (Å²) in [6, 6.07) is 6.75. The predicted molar refractivity (Wildman–Crippen MR) is 92.2 cm³/mol. The summed E-state index contributed by atoms with van der Waals surface area (Å²) in [5.41, 5.74) is 0.192. The second-order valence-corrected chi connectivity index (χ2v) is 7.49. The van der Waals surface area contributed by atoms with Crippen LogP contribution in [0.2, 0.25) is 0 Å². The minimum Gasteiger partial charge on any atom is -0.338 e. The van der Waals surface area contributed by atoms with Crippen LogP contribution in [-0.2, 0) is 0 Å². The largest absolute Gasteiger partial charge is 0.338 e. The van der Waals surface area contributed by atoms with Crippen molar-refractivity contribution in [1.82, 2.24) is 10.2 Å². The number of amides is 1. The van der Waals surface area contributed by atoms with E-state index in [9.17, 15) is 9.18 Å². The summed E-state index contributed by atoms with van der Waals surface area (Å²) in [5.74, 6) is 1.79. The zero-order chi connectivity index (χ0) is 16.5. The molecule has 3 atom stereocenters. The average molecular weight is 328 g/mol. The minimum atomic E-state index is -0.424. The molecular formula is C20H25FN2O. The smallest absolute Gasteiger partial charge is 0.256 e. The number of fused-ring (bicyclic) bond motifs is 2. The van der Waals surface area contributed by atoms with Crippen LogP contribution in [0.5, 0.6) is 0 Å². The van der Waals surface area contributed by atoms with Crippen molar-refractivity contribution < 1.29 is 9.18 Å². The van der Waals surface area contributed by atoms with E-state index in [4.69, 9.17) is 0 Å². The standard InChI is InChI=1S/C20H25FN2O/c21-19-4-2-1-3-18(19)20(24)23-9-7-17(8-10-23)22-13-16-12-14-5-6-15(16)11-14/h1-6,14-17,22H,7-13H2. The maximum atomic E-state index is 13.8. The van der Waals surface area contributed by atoms with E-state index < -0.39 is 5.82 Å². The molecule has 3 unspecified atom stereocenters. The molecule has 128 valence electrons. The molecule has 4 heteroatoms. The fourth-order valence-electron chi connectivity index (χ4n) is 4.54. The zero-order valence-corrected chi connectivity index (χ0v) is 14.0. The molecule has 3 aliphatic rings. The molecule has 0 aromatic heterocycles. The van der Waals surface area contributed by atoms with E-state index >= 15 is 0 Å². The van der Waals surface area contributed by atoms with Crippen molar-refractivity contribution in [2.75, 3.05) is 19.6 Å². The van der Waals surface area contributed by atoms with Crippen LogP contribution in [0.3, 0.4) is 0 Å². The number of carbonyl (C=O) groups is 1. The second-order valence-electron chi connectivity index (χ2n) is 7.49. The van der Waals surface area contributed by atoms with Gasteiger partial charge in [0.15, 0.2) is 0 Å². The third-order valence-electron chi connectivity index (χ3n) is 5.97. The van der Waals surface area contributed by atoms with Crippen molar-refractivity contribution in [3.8, 4) is 0 Å². The molecule has 2 aliphatic carbocycles. The number of hydrogen-bond donors (Lipinski definition) is 1. The first-order valence-corrected chi connectivity index (χ1v) is 9.16. The van der Waals surface area contributed by atoms with Gasteiger partial charge in [-0.25, -0.2) is 4.39 Å². The van der Waals surface area contributed by atoms with Gasteiger partial charge in [-0.05, 0) is 62.1 Å². The molecule has 1 aliphatic heterocycles. The summed E-state index contributed by atoms with van der Waals surface area (Å²) >= 11 is 0. The van der Waals surface area contributed by atoms with Crippen LogP contribution in [-0.4, -0.2) is 36.5 Å². The summed E-state index contributed by atoms with van der Waals surface area (Å²) in [6.45, 7) is 2.51. The molecular weight excluding hydrogens is 303 g/mol. The molecule has 3 nitrogen and oxygen atoms in total. The fraction of sp³-hybridized carbons (Fsp3) is 0.550. The lowest BCUT2D eigenvalue weighted by atomic mass is 9.93. The Morgan fingerprint density at radius 3 is 2.62 bits per heavy atom. The SMILES string of the molecule is O=C(c1ccccc1F)N1CCC(NCC2CC3C=CC2C3)CC1. The van der Waals surface area contributed by atoms with Gasteiger partial charge < -0.3 is 10.2 Å². The highest BCUT2D eigenvalue weighted by molar-refractivity contribution is 5.94. The molecule has 2 fully saturated rings. The van der Waals surface area contributed by atoms with Gasteiger partial charge in [0.05, 0.1) is 5.56 Å². The Morgan fingerprint density at radius 2 is 1.96 bits per heavy atom. The maximum absolute atomic E-state index is 13.8. The molecule has 1 saturated heterocycles. The molecule has 1 saturated carbocycles. The van der Waals surface area contributed by atoms with Crippen LogP contribution < -0.4 is 5.32 Å². The van der Waals surface area contributed by atoms with Crippen LogP contribution in [0.4, 0.5) is 4.39 Å². The van der Waals surface area contributed by atoms with Crippen LogP contribution in [0.25, 0.3) is 0 Å². The van der Waals surface area contributed by atoms with Crippen LogP contribution in [0, 0.1) is 23.6 Å². The van der Waals surface area contributed by atoms with Gasteiger partial charge in [0.2, 0.25) is 0 Å². The number of hydrogen-bond acceptors (Lipinski definition) is 2. The van der Waals surface area contributed by atoms with Gasteiger partial charge in [-0.1, -0.05) is 24.3 Å². The first-order valence-electron chi connectivity index (χ1n) is 9.16. The number of allylic oxidation sites excluding steroid dienone is 2. The number of halogens is 1. The van der Waals surface area contributed by atoms with Gasteiger partial charge in [-0.15, -0.1) is 0 Å². The van der Waals surface area contributed by atoms with Gasteiger partial charge in [0, 0.05) is 19.1 Å². The third kappa shape index (κ3) is 3.12. The number of benzene rings is 1. The Kier molecular flexibility index (Phi) is 4.40. The molecule has 1 aromatic rings. The molecule has 0 spiro atoms. The van der Waals surface area contributed by atoms with E-state index in [1.165, 1.54) is 18.9 Å². The molecule has 24 heavy (non-hydrogen) atoms. The lowest BCUT2D eigenvalue weighted by Gasteiger charge is -2.33. The topological polar surface area (TPSA) is 32.3 Å². The van der Waals surface area contributed by atoms with Crippen molar-refractivity contribution in [2.45, 2.75) is 31.7 Å². The number of carbonyl (C=O) groups excluding carboxylic acids is 1. The lowest BCUT2D eigenvalue weighted by molar-refractivity contribution is 0.0699. The molecule has 1 amide bonds. The van der Waals surface area contributed by atoms with E-state index in [1.54, 1.807) is 23.1 Å². The van der Waals surface area contributed by atoms with Gasteiger partial charge in [0.1, 0.15) is 5.82 Å². The number of likely N-dealkylation sites (tertiary alicyclic amines) is 1. The first kappa shape index (κ1) is 15.8. The average Bonchev–Trinajstić information content (AvgIpc) is 3.23. The first-order chi connectivity index (χ1) is 11.7. The highest BCUT2D eigenvalue weighted by Gasteiger charge is 2.35. The van der Waals surface area contributed by atoms with Crippen LogP contribution >= 0.6 is 0 Å². The molecule has 2 bridgehead atoms. The number of nitrogens with zero attached hydrogens (tertiary/aromatic N) is 1. The Labute approximate surface area is 142 Å². The molecule has 1 N–H and O–H groups in total. The lowest BCUT2D eigenvalue weighted by Crippen LogP contribution is -2.46. The number of rotatable bonds is 4. The highest BCUT2D eigenvalue weighted by atomic mass is 19.1. The van der Waals surface area contributed by atoms with Crippen molar-refractivity contribution in [3.63, 3.8) is 0 Å². The Bertz CT molecular complexity index is 636. The minimum absolute atomic E-state index is 0.176. The quantitative estimate of drug-likeness (QED) is 0.861. The van der Waals surface area contributed by atoms with E-state index in [2.05, 4.69) is 17.5 Å². The predicted octanol–water partition coefficient (Wildman–Crippen LogP) is 3.23. The number of nitrogens with one attached hydrogen (secondary N) is 1. The maximum Gasteiger partial charge on any atom is 0.256 e. The van der Waals surface area contributed by atoms with Crippen molar-refractivity contribution in [3.05, 3.63) is 47.8 Å². The van der Waals surface area contributed by atoms with Crippen LogP contribution in [0.15, 0.2) is 36.4 Å². The Balaban J connectivity index is 1.25.